The molecule has 1 amide bonds. The van der Waals surface area contributed by atoms with Gasteiger partial charge in [-0.3, -0.25) is 9.00 Å². The third-order valence-electron chi connectivity index (χ3n) is 2.86. The number of benzene rings is 2. The van der Waals surface area contributed by atoms with Gasteiger partial charge in [-0.2, -0.15) is 0 Å². The summed E-state index contributed by atoms with van der Waals surface area (Å²) in [6.07, 6.45) is 0. The van der Waals surface area contributed by atoms with Gasteiger partial charge in [0.2, 0.25) is 5.91 Å². The van der Waals surface area contributed by atoms with Gasteiger partial charge in [0.05, 0.1) is 10.8 Å². The zero-order valence-corrected chi connectivity index (χ0v) is 12.2. The lowest BCUT2D eigenvalue weighted by atomic mass is 10.2. The van der Waals surface area contributed by atoms with Crippen LogP contribution in [0.25, 0.3) is 0 Å². The molecule has 0 aliphatic rings. The van der Waals surface area contributed by atoms with Crippen molar-refractivity contribution in [3.63, 3.8) is 0 Å². The van der Waals surface area contributed by atoms with Gasteiger partial charge in [-0.25, -0.2) is 4.39 Å². The summed E-state index contributed by atoms with van der Waals surface area (Å²) in [4.78, 5) is 12.2. The molecule has 0 radical (unpaired) electrons. The van der Waals surface area contributed by atoms with Gasteiger partial charge in [0.1, 0.15) is 11.6 Å². The Morgan fingerprint density at radius 1 is 1.29 bits per heavy atom. The van der Waals surface area contributed by atoms with E-state index < -0.39 is 22.5 Å². The molecule has 2 aromatic carbocycles. The van der Waals surface area contributed by atoms with Crippen molar-refractivity contribution in [2.24, 2.45) is 0 Å². The Hall–Kier alpha value is -2.21. The van der Waals surface area contributed by atoms with E-state index in [0.717, 1.165) is 11.6 Å². The second kappa shape index (κ2) is 6.49. The van der Waals surface area contributed by atoms with E-state index in [9.17, 15) is 13.4 Å². The van der Waals surface area contributed by atoms with Crippen LogP contribution in [0.4, 0.5) is 15.8 Å². The third kappa shape index (κ3) is 4.13. The van der Waals surface area contributed by atoms with Crippen molar-refractivity contribution in [2.75, 3.05) is 16.8 Å². The summed E-state index contributed by atoms with van der Waals surface area (Å²) in [6.45, 7) is 1.83. The Bertz CT molecular complexity index is 704. The Kier molecular flexibility index (Phi) is 4.70. The molecule has 110 valence electrons. The van der Waals surface area contributed by atoms with Crippen LogP contribution < -0.4 is 11.1 Å². The summed E-state index contributed by atoms with van der Waals surface area (Å²) in [5.41, 5.74) is 7.62. The smallest absolute Gasteiger partial charge is 0.237 e. The number of aryl methyl sites for hydroxylation is 1. The molecule has 2 rings (SSSR count). The summed E-state index contributed by atoms with van der Waals surface area (Å²) in [7, 11) is -1.59. The SMILES string of the molecule is Cc1ccc(N)cc1NC(=O)CS(=O)c1cccc(F)c1. The Morgan fingerprint density at radius 2 is 2.05 bits per heavy atom. The Labute approximate surface area is 124 Å². The lowest BCUT2D eigenvalue weighted by Gasteiger charge is -2.09. The second-order valence-corrected chi connectivity index (χ2v) is 6.02. The van der Waals surface area contributed by atoms with Crippen LogP contribution in [0.15, 0.2) is 47.4 Å². The molecule has 0 saturated carbocycles. The topological polar surface area (TPSA) is 72.2 Å². The first-order valence-electron chi connectivity index (χ1n) is 6.25. The molecule has 2 aromatic rings. The summed E-state index contributed by atoms with van der Waals surface area (Å²) in [6, 6.07) is 10.6. The van der Waals surface area contributed by atoms with Crippen LogP contribution in [-0.4, -0.2) is 15.9 Å². The molecule has 6 heteroatoms. The predicted molar refractivity (Wildman–Crippen MR) is 81.9 cm³/mol. The van der Waals surface area contributed by atoms with Crippen molar-refractivity contribution >= 4 is 28.1 Å². The number of nitrogens with two attached hydrogens (primary N) is 1. The first kappa shape index (κ1) is 15.2. The number of hydrogen-bond acceptors (Lipinski definition) is 3. The first-order valence-corrected chi connectivity index (χ1v) is 7.57. The van der Waals surface area contributed by atoms with E-state index in [1.165, 1.54) is 18.2 Å². The maximum absolute atomic E-state index is 13.1. The number of amides is 1. The monoisotopic (exact) mass is 306 g/mol. The van der Waals surface area contributed by atoms with Crippen molar-refractivity contribution in [1.29, 1.82) is 0 Å². The van der Waals surface area contributed by atoms with Crippen LogP contribution in [0.2, 0.25) is 0 Å². The maximum Gasteiger partial charge on any atom is 0.237 e. The van der Waals surface area contributed by atoms with Crippen molar-refractivity contribution in [3.05, 3.63) is 53.8 Å². The molecule has 3 N–H and O–H groups in total. The van der Waals surface area contributed by atoms with Crippen LogP contribution >= 0.6 is 0 Å². The fourth-order valence-corrected chi connectivity index (χ4v) is 2.72. The highest BCUT2D eigenvalue weighted by Gasteiger charge is 2.12. The number of carbonyl (C=O) groups excluding carboxylic acids is 1. The molecule has 0 heterocycles. The van der Waals surface area contributed by atoms with Crippen LogP contribution in [0, 0.1) is 12.7 Å². The largest absolute Gasteiger partial charge is 0.399 e. The minimum atomic E-state index is -1.59. The molecule has 4 nitrogen and oxygen atoms in total. The first-order chi connectivity index (χ1) is 9.95. The van der Waals surface area contributed by atoms with E-state index >= 15 is 0 Å². The average molecular weight is 306 g/mol. The van der Waals surface area contributed by atoms with E-state index in [2.05, 4.69) is 5.32 Å². The molecule has 0 aromatic heterocycles. The molecule has 21 heavy (non-hydrogen) atoms. The quantitative estimate of drug-likeness (QED) is 0.852. The molecule has 0 aliphatic carbocycles. The lowest BCUT2D eigenvalue weighted by molar-refractivity contribution is -0.113. The number of rotatable bonds is 4. The van der Waals surface area contributed by atoms with Crippen LogP contribution in [0.1, 0.15) is 5.56 Å². The highest BCUT2D eigenvalue weighted by molar-refractivity contribution is 7.85. The molecule has 0 bridgehead atoms. The van der Waals surface area contributed by atoms with Gasteiger partial charge in [-0.15, -0.1) is 0 Å². The van der Waals surface area contributed by atoms with Gasteiger partial charge in [0.15, 0.2) is 0 Å². The van der Waals surface area contributed by atoms with E-state index in [1.807, 2.05) is 6.92 Å². The number of nitrogen functional groups attached to an aromatic ring is 1. The van der Waals surface area contributed by atoms with E-state index in [1.54, 1.807) is 18.2 Å². The average Bonchev–Trinajstić information content (AvgIpc) is 2.42. The number of hydrogen-bond donors (Lipinski definition) is 2. The molecular formula is C15H15FN2O2S. The van der Waals surface area contributed by atoms with E-state index in [-0.39, 0.29) is 10.6 Å². The second-order valence-electron chi connectivity index (χ2n) is 4.57. The zero-order valence-electron chi connectivity index (χ0n) is 11.4. The highest BCUT2D eigenvalue weighted by atomic mass is 32.2. The Balaban J connectivity index is 2.05. The van der Waals surface area contributed by atoms with E-state index in [4.69, 9.17) is 5.73 Å². The molecule has 1 atom stereocenters. The summed E-state index contributed by atoms with van der Waals surface area (Å²) in [5.74, 6) is -1.13. The summed E-state index contributed by atoms with van der Waals surface area (Å²) < 4.78 is 25.1. The third-order valence-corrected chi connectivity index (χ3v) is 4.16. The molecule has 0 spiro atoms. The number of carbonyl (C=O) groups is 1. The fraction of sp³-hybridized carbons (Fsp3) is 0.133. The van der Waals surface area contributed by atoms with Gasteiger partial charge < -0.3 is 11.1 Å². The van der Waals surface area contributed by atoms with Gasteiger partial charge >= 0.3 is 0 Å². The molecular weight excluding hydrogens is 291 g/mol. The minimum absolute atomic E-state index is 0.238. The van der Waals surface area contributed by atoms with Gasteiger partial charge in [-0.1, -0.05) is 12.1 Å². The predicted octanol–water partition coefficient (Wildman–Crippen LogP) is 2.46. The van der Waals surface area contributed by atoms with Crippen LogP contribution in [-0.2, 0) is 15.6 Å². The number of nitrogens with one attached hydrogen (secondary N) is 1. The molecule has 1 unspecified atom stereocenters. The summed E-state index contributed by atoms with van der Waals surface area (Å²) in [5, 5.41) is 2.66. The van der Waals surface area contributed by atoms with Crippen molar-refractivity contribution < 1.29 is 13.4 Å². The lowest BCUT2D eigenvalue weighted by Crippen LogP contribution is -2.20. The van der Waals surface area contributed by atoms with Crippen molar-refractivity contribution in [3.8, 4) is 0 Å². The van der Waals surface area contributed by atoms with Gasteiger partial charge in [0, 0.05) is 16.3 Å². The number of anilines is 2. The molecule has 0 fully saturated rings. The molecule has 0 saturated heterocycles. The van der Waals surface area contributed by atoms with Gasteiger partial charge in [-0.05, 0) is 42.8 Å². The maximum atomic E-state index is 13.1. The summed E-state index contributed by atoms with van der Waals surface area (Å²) >= 11 is 0. The standard InChI is InChI=1S/C15H15FN2O2S/c1-10-5-6-12(17)8-14(10)18-15(19)9-21(20)13-4-2-3-11(16)7-13/h2-8H,9,17H2,1H3,(H,18,19). The number of halogens is 1. The minimum Gasteiger partial charge on any atom is -0.399 e. The van der Waals surface area contributed by atoms with Crippen molar-refractivity contribution in [2.45, 2.75) is 11.8 Å². The Morgan fingerprint density at radius 3 is 2.76 bits per heavy atom. The van der Waals surface area contributed by atoms with Crippen LogP contribution in [0.3, 0.4) is 0 Å². The normalized spacial score (nSPS) is 11.9. The van der Waals surface area contributed by atoms with E-state index in [0.29, 0.717) is 11.4 Å². The van der Waals surface area contributed by atoms with Gasteiger partial charge in [0.25, 0.3) is 0 Å². The zero-order chi connectivity index (χ0) is 15.4. The fourth-order valence-electron chi connectivity index (χ4n) is 1.77. The molecule has 0 aliphatic heterocycles. The van der Waals surface area contributed by atoms with Crippen LogP contribution in [0.5, 0.6) is 0 Å². The van der Waals surface area contributed by atoms with Crippen molar-refractivity contribution in [1.82, 2.24) is 0 Å². The highest BCUT2D eigenvalue weighted by Crippen LogP contribution is 2.18.